The second-order valence-corrected chi connectivity index (χ2v) is 8.68. The molecule has 6 rings (SSSR count). The van der Waals surface area contributed by atoms with Gasteiger partial charge in [0.25, 0.3) is 0 Å². The lowest BCUT2D eigenvalue weighted by molar-refractivity contribution is -0.203. The normalized spacial score (nSPS) is 41.0. The number of esters is 1. The van der Waals surface area contributed by atoms with Gasteiger partial charge in [0.05, 0.1) is 23.9 Å². The lowest BCUT2D eigenvalue weighted by atomic mass is 9.36. The number of hydrogen-bond donors (Lipinski definition) is 1. The quantitative estimate of drug-likeness (QED) is 0.832. The molecule has 144 valence electrons. The third kappa shape index (κ3) is 1.81. The second kappa shape index (κ2) is 5.73. The van der Waals surface area contributed by atoms with E-state index in [0.717, 1.165) is 37.0 Å². The summed E-state index contributed by atoms with van der Waals surface area (Å²) in [5.74, 6) is 0.840. The molecule has 4 fully saturated rings. The monoisotopic (exact) mass is 369 g/mol. The first-order valence-corrected chi connectivity index (χ1v) is 10.2. The summed E-state index contributed by atoms with van der Waals surface area (Å²) >= 11 is 0. The van der Waals surface area contributed by atoms with Crippen LogP contribution in [0, 0.1) is 23.2 Å². The van der Waals surface area contributed by atoms with Crippen LogP contribution in [0.15, 0.2) is 24.3 Å². The molecule has 5 heteroatoms. The summed E-state index contributed by atoms with van der Waals surface area (Å²) in [6.45, 7) is 2.85. The average Bonchev–Trinajstić information content (AvgIpc) is 3.07. The van der Waals surface area contributed by atoms with Crippen molar-refractivity contribution in [2.75, 3.05) is 13.7 Å². The van der Waals surface area contributed by atoms with Crippen molar-refractivity contribution in [3.63, 3.8) is 0 Å². The summed E-state index contributed by atoms with van der Waals surface area (Å²) < 4.78 is 11.8. The highest BCUT2D eigenvalue weighted by Crippen LogP contribution is 2.72. The number of methoxy groups -OCH3 is 1. The number of benzene rings is 1. The van der Waals surface area contributed by atoms with E-state index in [-0.39, 0.29) is 29.8 Å². The summed E-state index contributed by atoms with van der Waals surface area (Å²) in [4.78, 5) is 26.4. The summed E-state index contributed by atoms with van der Waals surface area (Å²) in [6, 6.07) is 8.19. The summed E-state index contributed by atoms with van der Waals surface area (Å²) in [5.41, 5.74) is -0.0618. The van der Waals surface area contributed by atoms with E-state index >= 15 is 0 Å². The van der Waals surface area contributed by atoms with Crippen LogP contribution in [0.4, 0.5) is 0 Å². The Morgan fingerprint density at radius 1 is 1.37 bits per heavy atom. The van der Waals surface area contributed by atoms with Gasteiger partial charge >= 0.3 is 5.97 Å². The Kier molecular flexibility index (Phi) is 3.62. The molecule has 3 saturated carbocycles. The molecule has 3 aliphatic carbocycles. The first-order valence-electron chi connectivity index (χ1n) is 10.2. The molecule has 6 atom stereocenters. The minimum atomic E-state index is -0.774. The number of hydrogen-bond acceptors (Lipinski definition) is 4. The Morgan fingerprint density at radius 2 is 2.19 bits per heavy atom. The van der Waals surface area contributed by atoms with Crippen molar-refractivity contribution in [2.24, 2.45) is 23.2 Å². The molecule has 2 aliphatic heterocycles. The van der Waals surface area contributed by atoms with Gasteiger partial charge in [-0.15, -0.1) is 0 Å². The fourth-order valence-electron chi connectivity index (χ4n) is 7.16. The molecule has 1 saturated heterocycles. The highest BCUT2D eigenvalue weighted by atomic mass is 16.5. The predicted octanol–water partition coefficient (Wildman–Crippen LogP) is 2.82. The maximum atomic E-state index is 13.6. The molecule has 0 radical (unpaired) electrons. The maximum absolute atomic E-state index is 13.6. The van der Waals surface area contributed by atoms with Gasteiger partial charge in [-0.3, -0.25) is 9.59 Å². The zero-order chi connectivity index (χ0) is 18.8. The van der Waals surface area contributed by atoms with E-state index < -0.39 is 16.7 Å². The summed E-state index contributed by atoms with van der Waals surface area (Å²) in [7, 11) is 1.44. The van der Waals surface area contributed by atoms with Crippen molar-refractivity contribution < 1.29 is 19.1 Å². The average molecular weight is 369 g/mol. The van der Waals surface area contributed by atoms with Crippen LogP contribution in [0.25, 0.3) is 0 Å². The van der Waals surface area contributed by atoms with E-state index in [1.54, 1.807) is 0 Å². The highest BCUT2D eigenvalue weighted by molar-refractivity contribution is 5.93. The van der Waals surface area contributed by atoms with Crippen molar-refractivity contribution >= 4 is 11.9 Å². The van der Waals surface area contributed by atoms with Gasteiger partial charge in [0.2, 0.25) is 5.91 Å². The molecule has 1 N–H and O–H groups in total. The molecule has 5 aliphatic rings. The van der Waals surface area contributed by atoms with Crippen LogP contribution in [0.5, 0.6) is 5.75 Å². The number of carbonyl (C=O) groups is 2. The van der Waals surface area contributed by atoms with Crippen LogP contribution in [-0.2, 0) is 19.7 Å². The Morgan fingerprint density at radius 3 is 2.96 bits per heavy atom. The van der Waals surface area contributed by atoms with Crippen LogP contribution >= 0.6 is 0 Å². The van der Waals surface area contributed by atoms with Crippen LogP contribution in [0.2, 0.25) is 0 Å². The Bertz CT molecular complexity index is 807. The molecule has 0 aromatic heterocycles. The molecular weight excluding hydrogens is 342 g/mol. The van der Waals surface area contributed by atoms with Gasteiger partial charge in [0.1, 0.15) is 11.9 Å². The zero-order valence-electron chi connectivity index (χ0n) is 16.0. The van der Waals surface area contributed by atoms with Crippen LogP contribution in [-0.4, -0.2) is 31.6 Å². The number of rotatable bonds is 3. The summed E-state index contributed by atoms with van der Waals surface area (Å²) in [5, 5.41) is 3.18. The number of fused-ring (bicyclic) bond motifs is 3. The second-order valence-electron chi connectivity index (χ2n) is 8.68. The van der Waals surface area contributed by atoms with Gasteiger partial charge in [-0.05, 0) is 43.6 Å². The lowest BCUT2D eigenvalue weighted by Gasteiger charge is -2.66. The fraction of sp³-hybridized carbons (Fsp3) is 0.636. The van der Waals surface area contributed by atoms with Crippen LogP contribution in [0.1, 0.15) is 44.6 Å². The first-order chi connectivity index (χ1) is 13.1. The van der Waals surface area contributed by atoms with E-state index in [9.17, 15) is 9.59 Å². The standard InChI is InChI=1S/C22H27NO4/c1-3-6-14-12-23-20(25)21-10-9-13(11-16(21)19(24)26-2)18-22(14,21)15-7-4-5-8-17(15)27-18/h4-5,7-8,13-14,16,18H,3,6,9-12H2,1-2H3,(H,23,25). The van der Waals surface area contributed by atoms with E-state index in [1.807, 2.05) is 18.2 Å². The third-order valence-electron chi connectivity index (χ3n) is 7.93. The predicted molar refractivity (Wildman–Crippen MR) is 99.2 cm³/mol. The molecule has 2 bridgehead atoms. The van der Waals surface area contributed by atoms with Gasteiger partial charge < -0.3 is 14.8 Å². The maximum Gasteiger partial charge on any atom is 0.309 e. The Labute approximate surface area is 159 Å². The molecular formula is C22H27NO4. The van der Waals surface area contributed by atoms with Crippen molar-refractivity contribution in [1.82, 2.24) is 5.32 Å². The number of ether oxygens (including phenoxy) is 2. The van der Waals surface area contributed by atoms with Crippen LogP contribution in [0.3, 0.4) is 0 Å². The molecule has 1 amide bonds. The fourth-order valence-corrected chi connectivity index (χ4v) is 7.16. The number of nitrogens with one attached hydrogen (secondary N) is 1. The molecule has 1 aromatic rings. The molecule has 5 nitrogen and oxygen atoms in total. The van der Waals surface area contributed by atoms with Crippen molar-refractivity contribution in [3.05, 3.63) is 29.8 Å². The van der Waals surface area contributed by atoms with Gasteiger partial charge in [0.15, 0.2) is 0 Å². The van der Waals surface area contributed by atoms with Gasteiger partial charge in [-0.2, -0.15) is 0 Å². The molecule has 2 spiro atoms. The molecule has 6 unspecified atom stereocenters. The molecule has 27 heavy (non-hydrogen) atoms. The van der Waals surface area contributed by atoms with Crippen molar-refractivity contribution in [2.45, 2.75) is 50.5 Å². The smallest absolute Gasteiger partial charge is 0.309 e. The lowest BCUT2D eigenvalue weighted by Crippen LogP contribution is -2.77. The largest absolute Gasteiger partial charge is 0.489 e. The van der Waals surface area contributed by atoms with E-state index in [0.29, 0.717) is 13.0 Å². The highest BCUT2D eigenvalue weighted by Gasteiger charge is 2.78. The molecule has 2 heterocycles. The van der Waals surface area contributed by atoms with Gasteiger partial charge in [0, 0.05) is 12.1 Å². The van der Waals surface area contributed by atoms with E-state index in [2.05, 4.69) is 18.3 Å². The van der Waals surface area contributed by atoms with Gasteiger partial charge in [-0.25, -0.2) is 0 Å². The number of para-hydroxylation sites is 1. The number of amides is 1. The minimum absolute atomic E-state index is 0.0212. The molecule has 1 aromatic carbocycles. The van der Waals surface area contributed by atoms with E-state index in [4.69, 9.17) is 9.47 Å². The van der Waals surface area contributed by atoms with Crippen molar-refractivity contribution in [3.8, 4) is 5.75 Å². The Hall–Kier alpha value is -2.04. The summed E-state index contributed by atoms with van der Waals surface area (Å²) in [6.07, 6.45) is 4.38. The van der Waals surface area contributed by atoms with Crippen LogP contribution < -0.4 is 10.1 Å². The third-order valence-corrected chi connectivity index (χ3v) is 7.93. The van der Waals surface area contributed by atoms with Crippen molar-refractivity contribution in [1.29, 1.82) is 0 Å². The minimum Gasteiger partial charge on any atom is -0.489 e. The van der Waals surface area contributed by atoms with E-state index in [1.165, 1.54) is 7.11 Å². The Balaban J connectivity index is 1.81. The number of carbonyl (C=O) groups excluding carboxylic acids is 2. The van der Waals surface area contributed by atoms with Gasteiger partial charge in [-0.1, -0.05) is 31.5 Å². The SMILES string of the molecule is CCCC1CNC(=O)C23CCC(CC2C(=O)OC)C2Oc4ccccc4C123. The number of piperidine rings is 1. The first kappa shape index (κ1) is 17.1. The topological polar surface area (TPSA) is 64.6 Å². The zero-order valence-corrected chi connectivity index (χ0v) is 16.0.